The normalized spacial score (nSPS) is 21.6. The summed E-state index contributed by atoms with van der Waals surface area (Å²) < 4.78 is 0. The second-order valence-electron chi connectivity index (χ2n) is 7.14. The molecular weight excluding hydrogens is 597 g/mol. The van der Waals surface area contributed by atoms with Crippen LogP contribution in [-0.2, 0) is 0 Å². The first-order chi connectivity index (χ1) is 13.7. The molecule has 0 fully saturated rings. The van der Waals surface area contributed by atoms with Gasteiger partial charge in [0.15, 0.2) is 11.7 Å². The second-order valence-corrected chi connectivity index (χ2v) is 7.14. The Kier molecular flexibility index (Phi) is 11.3. The van der Waals surface area contributed by atoms with E-state index >= 15 is 0 Å². The van der Waals surface area contributed by atoms with Crippen molar-refractivity contribution in [2.75, 3.05) is 0 Å². The molecule has 4 aliphatic rings. The fourth-order valence-corrected chi connectivity index (χ4v) is 3.62. The molecule has 0 saturated heterocycles. The average Bonchev–Trinajstić information content (AvgIpc) is 3.36. The molecule has 1 aromatic rings. The number of aliphatic imine (C=N–C) groups is 4. The number of halogens is 3. The standard InChI is InChI=1S/C23H21N5.3ClH.Nd/c1-3-14-8-10-16-20(12-14)27-22(25-16)18-6-5-7-19(24-18)23-26-17-11-9-15(4-2)13-21(17)28-23;;;;/h5-13,16-17H,3-4H2,1-2H3;3*1H;/q;;;;+3/p-3. The van der Waals surface area contributed by atoms with Crippen LogP contribution in [0.5, 0.6) is 0 Å². The Labute approximate surface area is 240 Å². The number of pyridine rings is 1. The van der Waals surface area contributed by atoms with E-state index in [4.69, 9.17) is 25.0 Å². The predicted octanol–water partition coefficient (Wildman–Crippen LogP) is -4.95. The summed E-state index contributed by atoms with van der Waals surface area (Å²) in [6.45, 7) is 4.29. The Balaban J connectivity index is 0.00000128. The molecule has 0 amide bonds. The van der Waals surface area contributed by atoms with E-state index in [1.54, 1.807) is 0 Å². The number of hydrogen-bond acceptors (Lipinski definition) is 5. The van der Waals surface area contributed by atoms with Crippen molar-refractivity contribution in [3.05, 3.63) is 77.2 Å². The van der Waals surface area contributed by atoms with Gasteiger partial charge in [0, 0.05) is 0 Å². The number of fused-ring (bicyclic) bond motifs is 2. The molecule has 3 heterocycles. The number of hydrogen-bond donors (Lipinski definition) is 0. The van der Waals surface area contributed by atoms with Crippen LogP contribution in [0.1, 0.15) is 38.1 Å². The fourth-order valence-electron chi connectivity index (χ4n) is 3.62. The third-order valence-corrected chi connectivity index (χ3v) is 5.27. The number of amidine groups is 2. The van der Waals surface area contributed by atoms with Crippen LogP contribution in [0.2, 0.25) is 0 Å². The summed E-state index contributed by atoms with van der Waals surface area (Å²) in [7, 11) is 0. The molecule has 0 N–H and O–H groups in total. The third kappa shape index (κ3) is 5.73. The van der Waals surface area contributed by atoms with Crippen LogP contribution in [0, 0.1) is 40.8 Å². The molecule has 2 aliphatic carbocycles. The summed E-state index contributed by atoms with van der Waals surface area (Å²) >= 11 is 0. The zero-order valence-corrected chi connectivity index (χ0v) is 23.1. The van der Waals surface area contributed by atoms with Gasteiger partial charge < -0.3 is 37.2 Å². The minimum atomic E-state index is 0. The molecule has 1 aromatic heterocycles. The molecule has 2 atom stereocenters. The Hall–Kier alpha value is -0.989. The van der Waals surface area contributed by atoms with Crippen molar-refractivity contribution in [3.63, 3.8) is 0 Å². The topological polar surface area (TPSA) is 62.3 Å². The molecule has 163 valence electrons. The molecule has 9 heteroatoms. The van der Waals surface area contributed by atoms with Crippen LogP contribution >= 0.6 is 0 Å². The van der Waals surface area contributed by atoms with Gasteiger partial charge >= 0.3 is 40.8 Å². The van der Waals surface area contributed by atoms with Gasteiger partial charge in [-0.15, -0.1) is 0 Å². The van der Waals surface area contributed by atoms with Gasteiger partial charge in [0.1, 0.15) is 23.5 Å². The van der Waals surface area contributed by atoms with Crippen molar-refractivity contribution in [2.45, 2.75) is 38.8 Å². The van der Waals surface area contributed by atoms with Crippen molar-refractivity contribution in [1.29, 1.82) is 0 Å². The van der Waals surface area contributed by atoms with E-state index in [0.29, 0.717) is 11.7 Å². The molecule has 1 radical (unpaired) electrons. The van der Waals surface area contributed by atoms with E-state index in [1.165, 1.54) is 11.1 Å². The number of allylic oxidation sites excluding steroid dienone is 4. The summed E-state index contributed by atoms with van der Waals surface area (Å²) in [4.78, 5) is 23.7. The summed E-state index contributed by atoms with van der Waals surface area (Å²) in [5.74, 6) is 1.36. The molecule has 0 spiro atoms. The fraction of sp³-hybridized carbons (Fsp3) is 0.261. The monoisotopic (exact) mass is 614 g/mol. The minimum absolute atomic E-state index is 0. The molecule has 5 nitrogen and oxygen atoms in total. The first kappa shape index (κ1) is 29.0. The number of aromatic nitrogens is 1. The van der Waals surface area contributed by atoms with Crippen LogP contribution in [0.25, 0.3) is 0 Å². The van der Waals surface area contributed by atoms with Gasteiger partial charge in [-0.3, -0.25) is 9.98 Å². The first-order valence-corrected chi connectivity index (χ1v) is 9.81. The first-order valence-electron chi connectivity index (χ1n) is 9.81. The van der Waals surface area contributed by atoms with E-state index in [0.717, 1.165) is 35.7 Å². The Morgan fingerprint density at radius 1 is 0.719 bits per heavy atom. The van der Waals surface area contributed by atoms with E-state index in [-0.39, 0.29) is 90.1 Å². The van der Waals surface area contributed by atoms with Crippen LogP contribution in [0.3, 0.4) is 0 Å². The van der Waals surface area contributed by atoms with Gasteiger partial charge in [-0.25, -0.2) is 15.0 Å². The molecular formula is C23H21Cl3N5Nd. The van der Waals surface area contributed by atoms with Crippen LogP contribution < -0.4 is 37.2 Å². The van der Waals surface area contributed by atoms with Crippen LogP contribution in [-0.4, -0.2) is 40.2 Å². The van der Waals surface area contributed by atoms with Crippen molar-refractivity contribution in [1.82, 2.24) is 4.98 Å². The quantitative estimate of drug-likeness (QED) is 0.334. The zero-order valence-electron chi connectivity index (χ0n) is 17.6. The Morgan fingerprint density at radius 2 is 1.16 bits per heavy atom. The van der Waals surface area contributed by atoms with Gasteiger partial charge in [0.2, 0.25) is 0 Å². The van der Waals surface area contributed by atoms with Crippen molar-refractivity contribution < 1.29 is 78.1 Å². The average molecular weight is 618 g/mol. The van der Waals surface area contributed by atoms with E-state index in [2.05, 4.69) is 50.3 Å². The van der Waals surface area contributed by atoms with E-state index in [9.17, 15) is 0 Å². The Morgan fingerprint density at radius 3 is 1.56 bits per heavy atom. The minimum Gasteiger partial charge on any atom is -1.00 e. The SMILES string of the molecule is CCC1=CC2=NC(c3cccc(C4=NC5C=CC(CC)=CC5=N4)n3)=NC2C=C1.[Cl-].[Cl-].[Cl-].[Nd+3]. The molecule has 32 heavy (non-hydrogen) atoms. The molecule has 2 unspecified atom stereocenters. The maximum Gasteiger partial charge on any atom is 3.00 e. The molecule has 0 bridgehead atoms. The molecule has 0 saturated carbocycles. The van der Waals surface area contributed by atoms with Gasteiger partial charge in [-0.2, -0.15) is 0 Å². The van der Waals surface area contributed by atoms with Crippen molar-refractivity contribution in [3.8, 4) is 0 Å². The van der Waals surface area contributed by atoms with Crippen LogP contribution in [0.4, 0.5) is 0 Å². The summed E-state index contributed by atoms with van der Waals surface area (Å²) in [6.07, 6.45) is 14.7. The molecule has 5 rings (SSSR count). The third-order valence-electron chi connectivity index (χ3n) is 5.27. The van der Waals surface area contributed by atoms with Gasteiger partial charge in [-0.05, 0) is 48.3 Å². The predicted molar refractivity (Wildman–Crippen MR) is 115 cm³/mol. The zero-order chi connectivity index (χ0) is 19.1. The van der Waals surface area contributed by atoms with E-state index in [1.807, 2.05) is 18.2 Å². The van der Waals surface area contributed by atoms with E-state index < -0.39 is 0 Å². The number of nitrogens with zero attached hydrogens (tertiary/aromatic N) is 5. The summed E-state index contributed by atoms with van der Waals surface area (Å²) in [5, 5.41) is 0. The van der Waals surface area contributed by atoms with Crippen molar-refractivity contribution in [2.24, 2.45) is 20.0 Å². The van der Waals surface area contributed by atoms with Gasteiger partial charge in [0.25, 0.3) is 0 Å². The second kappa shape index (κ2) is 12.5. The van der Waals surface area contributed by atoms with Crippen molar-refractivity contribution >= 4 is 23.1 Å². The molecule has 0 aromatic carbocycles. The van der Waals surface area contributed by atoms with Gasteiger partial charge in [0.05, 0.1) is 11.4 Å². The maximum atomic E-state index is 4.77. The number of rotatable bonds is 4. The van der Waals surface area contributed by atoms with Gasteiger partial charge in [-0.1, -0.05) is 44.2 Å². The molecule has 2 aliphatic heterocycles. The largest absolute Gasteiger partial charge is 3.00 e. The maximum absolute atomic E-state index is 4.77. The Bertz CT molecular complexity index is 1030. The smallest absolute Gasteiger partial charge is 1.00 e. The van der Waals surface area contributed by atoms with Crippen LogP contribution in [0.15, 0.2) is 85.8 Å². The summed E-state index contributed by atoms with van der Waals surface area (Å²) in [6, 6.07) is 5.88. The summed E-state index contributed by atoms with van der Waals surface area (Å²) in [5.41, 5.74) is 6.07.